The predicted molar refractivity (Wildman–Crippen MR) is 111 cm³/mol. The van der Waals surface area contributed by atoms with Crippen LogP contribution in [0.25, 0.3) is 22.4 Å². The number of fused-ring (bicyclic) bond motifs is 1. The normalized spacial score (nSPS) is 23.4. The number of sulfonamides is 1. The number of aryl methyl sites for hydroxylation is 1. The molecule has 154 valence electrons. The number of rotatable bonds is 4. The topological polar surface area (TPSA) is 89.2 Å². The van der Waals surface area contributed by atoms with E-state index in [9.17, 15) is 12.8 Å². The van der Waals surface area contributed by atoms with E-state index in [1.54, 1.807) is 42.6 Å². The first-order valence-corrected chi connectivity index (χ1v) is 11.2. The van der Waals surface area contributed by atoms with Crippen LogP contribution in [0.4, 0.5) is 4.39 Å². The summed E-state index contributed by atoms with van der Waals surface area (Å²) in [5.41, 5.74) is 8.42. The second-order valence-corrected chi connectivity index (χ2v) is 9.87. The molecule has 1 unspecified atom stereocenters. The Hall–Kier alpha value is -2.68. The Kier molecular flexibility index (Phi) is 4.46. The van der Waals surface area contributed by atoms with Crippen LogP contribution in [0.3, 0.4) is 0 Å². The van der Waals surface area contributed by atoms with Gasteiger partial charge in [0.15, 0.2) is 0 Å². The summed E-state index contributed by atoms with van der Waals surface area (Å²) in [6, 6.07) is 11.5. The molecule has 5 rings (SSSR count). The molecule has 0 spiro atoms. The second-order valence-electron chi connectivity index (χ2n) is 7.96. The van der Waals surface area contributed by atoms with Gasteiger partial charge in [0.25, 0.3) is 0 Å². The van der Waals surface area contributed by atoms with Crippen molar-refractivity contribution in [2.24, 2.45) is 17.6 Å². The number of hydrogen-bond donors (Lipinski definition) is 1. The fourth-order valence-electron chi connectivity index (χ4n) is 4.22. The number of benzene rings is 2. The Morgan fingerprint density at radius 3 is 2.43 bits per heavy atom. The smallest absolute Gasteiger partial charge is 0.243 e. The monoisotopic (exact) mass is 424 g/mol. The third kappa shape index (κ3) is 3.12. The lowest BCUT2D eigenvalue weighted by molar-refractivity contribution is 0.432. The molecule has 8 heteroatoms. The van der Waals surface area contributed by atoms with Gasteiger partial charge in [-0.1, -0.05) is 24.3 Å². The number of nitrogens with two attached hydrogens (primary N) is 1. The Bertz CT molecular complexity index is 1220. The molecule has 0 bridgehead atoms. The summed E-state index contributed by atoms with van der Waals surface area (Å²) in [7, 11) is -3.69. The quantitative estimate of drug-likeness (QED) is 0.696. The van der Waals surface area contributed by atoms with Crippen LogP contribution in [0.5, 0.6) is 0 Å². The zero-order valence-corrected chi connectivity index (χ0v) is 17.2. The van der Waals surface area contributed by atoms with Gasteiger partial charge in [-0.2, -0.15) is 4.31 Å². The predicted octanol–water partition coefficient (Wildman–Crippen LogP) is 2.84. The van der Waals surface area contributed by atoms with Gasteiger partial charge >= 0.3 is 0 Å². The third-order valence-electron chi connectivity index (χ3n) is 6.07. The van der Waals surface area contributed by atoms with E-state index < -0.39 is 15.8 Å². The van der Waals surface area contributed by atoms with Crippen molar-refractivity contribution in [3.8, 4) is 22.4 Å². The van der Waals surface area contributed by atoms with Gasteiger partial charge in [0, 0.05) is 36.5 Å². The average Bonchev–Trinajstić information content (AvgIpc) is 3.14. The number of piperidine rings is 1. The maximum atomic E-state index is 14.9. The van der Waals surface area contributed by atoms with Gasteiger partial charge in [0.05, 0.1) is 22.5 Å². The van der Waals surface area contributed by atoms with Crippen molar-refractivity contribution in [1.82, 2.24) is 14.3 Å². The fourth-order valence-corrected chi connectivity index (χ4v) is 5.95. The minimum Gasteiger partial charge on any atom is -0.327 e. The van der Waals surface area contributed by atoms with E-state index in [2.05, 4.69) is 9.97 Å². The number of halogens is 1. The zero-order chi connectivity index (χ0) is 21.0. The first-order chi connectivity index (χ1) is 14.4. The van der Waals surface area contributed by atoms with E-state index in [-0.39, 0.29) is 22.8 Å². The highest BCUT2D eigenvalue weighted by atomic mass is 32.2. The lowest BCUT2D eigenvalue weighted by atomic mass is 10.0. The molecule has 2 fully saturated rings. The van der Waals surface area contributed by atoms with Crippen molar-refractivity contribution in [2.75, 3.05) is 13.1 Å². The molecule has 2 aliphatic rings. The van der Waals surface area contributed by atoms with E-state index in [1.165, 1.54) is 16.6 Å². The molecule has 3 aromatic rings. The van der Waals surface area contributed by atoms with Crippen molar-refractivity contribution < 1.29 is 12.8 Å². The molecule has 1 aliphatic heterocycles. The van der Waals surface area contributed by atoms with Crippen molar-refractivity contribution in [2.45, 2.75) is 17.9 Å². The molecule has 30 heavy (non-hydrogen) atoms. The highest BCUT2D eigenvalue weighted by Crippen LogP contribution is 2.46. The fraction of sp³-hybridized carbons (Fsp3) is 0.273. The molecule has 3 atom stereocenters. The summed E-state index contributed by atoms with van der Waals surface area (Å²) >= 11 is 0. The average molecular weight is 425 g/mol. The molecule has 0 amide bonds. The molecule has 1 saturated heterocycles. The van der Waals surface area contributed by atoms with Crippen LogP contribution < -0.4 is 5.73 Å². The molecule has 0 radical (unpaired) electrons. The molecule has 2 aromatic carbocycles. The molecule has 1 aromatic heterocycles. The summed E-state index contributed by atoms with van der Waals surface area (Å²) < 4.78 is 43.0. The van der Waals surface area contributed by atoms with E-state index >= 15 is 0 Å². The van der Waals surface area contributed by atoms with Gasteiger partial charge in [0.1, 0.15) is 5.82 Å². The molecule has 1 saturated carbocycles. The highest BCUT2D eigenvalue weighted by Gasteiger charge is 2.56. The minimum atomic E-state index is -3.69. The lowest BCUT2D eigenvalue weighted by Gasteiger charge is -2.21. The summed E-state index contributed by atoms with van der Waals surface area (Å²) in [4.78, 5) is 8.57. The van der Waals surface area contributed by atoms with E-state index in [4.69, 9.17) is 5.73 Å². The van der Waals surface area contributed by atoms with E-state index in [0.717, 1.165) is 5.69 Å². The minimum absolute atomic E-state index is 0.109. The van der Waals surface area contributed by atoms with Gasteiger partial charge in [-0.3, -0.25) is 9.97 Å². The van der Waals surface area contributed by atoms with Crippen molar-refractivity contribution in [3.05, 3.63) is 66.4 Å². The molecular formula is C22H21FN4O2S. The maximum absolute atomic E-state index is 14.9. The molecule has 2 heterocycles. The van der Waals surface area contributed by atoms with Crippen LogP contribution in [-0.4, -0.2) is 41.8 Å². The first kappa shape index (κ1) is 19.3. The molecule has 2 N–H and O–H groups in total. The van der Waals surface area contributed by atoms with Gasteiger partial charge in [-0.25, -0.2) is 12.8 Å². The summed E-state index contributed by atoms with van der Waals surface area (Å²) in [6.45, 7) is 2.70. The van der Waals surface area contributed by atoms with Gasteiger partial charge in [-0.05, 0) is 42.5 Å². The summed E-state index contributed by atoms with van der Waals surface area (Å²) in [5.74, 6) is 0.0183. The maximum Gasteiger partial charge on any atom is 0.243 e. The Balaban J connectivity index is 1.51. The molecule has 1 aliphatic carbocycles. The van der Waals surface area contributed by atoms with Crippen molar-refractivity contribution in [3.63, 3.8) is 0 Å². The Morgan fingerprint density at radius 1 is 1.03 bits per heavy atom. The van der Waals surface area contributed by atoms with E-state index in [1.807, 2.05) is 6.92 Å². The Morgan fingerprint density at radius 2 is 1.77 bits per heavy atom. The van der Waals surface area contributed by atoms with Crippen molar-refractivity contribution >= 4 is 10.0 Å². The van der Waals surface area contributed by atoms with Crippen LogP contribution in [-0.2, 0) is 10.0 Å². The van der Waals surface area contributed by atoms with Crippen LogP contribution in [0.2, 0.25) is 0 Å². The van der Waals surface area contributed by atoms with Crippen LogP contribution in [0.15, 0.2) is 59.8 Å². The number of aromatic nitrogens is 2. The standard InChI is InChI=1S/C22H21FN4O2S/c1-13-9-26-20(10-25-13)16-7-6-14(8-19(16)23)15-4-2-3-5-21(15)30(28,29)27-11-17-18(12-27)22(17)24/h2-10,17-18,22H,11-12,24H2,1H3/t17-,18+,22?. The first-order valence-electron chi connectivity index (χ1n) is 9.80. The molecule has 6 nitrogen and oxygen atoms in total. The van der Waals surface area contributed by atoms with Crippen LogP contribution >= 0.6 is 0 Å². The highest BCUT2D eigenvalue weighted by molar-refractivity contribution is 7.89. The summed E-state index contributed by atoms with van der Waals surface area (Å²) in [6.07, 6.45) is 3.10. The van der Waals surface area contributed by atoms with Crippen molar-refractivity contribution in [1.29, 1.82) is 0 Å². The van der Waals surface area contributed by atoms with Gasteiger partial charge in [0.2, 0.25) is 10.0 Å². The number of hydrogen-bond acceptors (Lipinski definition) is 5. The zero-order valence-electron chi connectivity index (χ0n) is 16.4. The lowest BCUT2D eigenvalue weighted by Crippen LogP contribution is -2.34. The molecular weight excluding hydrogens is 403 g/mol. The SMILES string of the molecule is Cc1cnc(-c2ccc(-c3ccccc3S(=O)(=O)N3C[C@@H]4C(N)[C@@H]4C3)cc2F)cn1. The summed E-state index contributed by atoms with van der Waals surface area (Å²) in [5, 5.41) is 0. The van der Waals surface area contributed by atoms with Gasteiger partial charge < -0.3 is 5.73 Å². The van der Waals surface area contributed by atoms with Crippen LogP contribution in [0.1, 0.15) is 5.69 Å². The second kappa shape index (κ2) is 6.94. The van der Waals surface area contributed by atoms with Gasteiger partial charge in [-0.15, -0.1) is 0 Å². The van der Waals surface area contributed by atoms with Crippen LogP contribution in [0, 0.1) is 24.6 Å². The Labute approximate surface area is 174 Å². The largest absolute Gasteiger partial charge is 0.327 e. The van der Waals surface area contributed by atoms with E-state index in [0.29, 0.717) is 35.5 Å². The third-order valence-corrected chi connectivity index (χ3v) is 7.96. The number of nitrogens with zero attached hydrogens (tertiary/aromatic N) is 3.